The topological polar surface area (TPSA) is 12.0 Å². The van der Waals surface area contributed by atoms with Gasteiger partial charge in [-0.25, -0.2) is 0 Å². The van der Waals surface area contributed by atoms with Gasteiger partial charge in [-0.3, -0.25) is 0 Å². The van der Waals surface area contributed by atoms with Crippen molar-refractivity contribution in [1.29, 1.82) is 0 Å². The third kappa shape index (κ3) is 2.58. The van der Waals surface area contributed by atoms with E-state index < -0.39 is 0 Å². The van der Waals surface area contributed by atoms with E-state index in [1.807, 2.05) is 12.2 Å². The van der Waals surface area contributed by atoms with Crippen LogP contribution in [0.2, 0.25) is 0 Å². The van der Waals surface area contributed by atoms with E-state index in [4.69, 9.17) is 7.85 Å². The van der Waals surface area contributed by atoms with Crippen molar-refractivity contribution in [3.8, 4) is 0 Å². The number of nitrogens with one attached hydrogen (secondary N) is 1. The minimum Gasteiger partial charge on any atom is -0.378 e. The standard InChI is InChI=1S/C20H22BN/c1-4-15(16-9-6-5-8-13(16)2)12-17-14(3)22-19-11-7-10-18(21)20(17)19/h4-7,9-13,19-20,22H,3,8H2,1-2H3/b15-4+,17-12+/t13?,19-,20?/m1/s1. The Hall–Kier alpha value is -1.96. The van der Waals surface area contributed by atoms with Crippen LogP contribution in [0.15, 0.2) is 83.1 Å². The van der Waals surface area contributed by atoms with Crippen LogP contribution in [0.4, 0.5) is 0 Å². The second-order valence-corrected chi connectivity index (χ2v) is 6.21. The summed E-state index contributed by atoms with van der Waals surface area (Å²) in [4.78, 5) is 0. The predicted molar refractivity (Wildman–Crippen MR) is 95.4 cm³/mol. The maximum Gasteiger partial charge on any atom is 0.108 e. The van der Waals surface area contributed by atoms with Gasteiger partial charge in [-0.15, -0.1) is 5.47 Å². The van der Waals surface area contributed by atoms with E-state index in [0.29, 0.717) is 5.92 Å². The van der Waals surface area contributed by atoms with Gasteiger partial charge in [0.1, 0.15) is 7.85 Å². The molecule has 0 aromatic rings. The lowest BCUT2D eigenvalue weighted by atomic mass is 9.73. The summed E-state index contributed by atoms with van der Waals surface area (Å²) in [6.45, 7) is 8.56. The molecule has 0 amide bonds. The highest BCUT2D eigenvalue weighted by Gasteiger charge is 2.34. The van der Waals surface area contributed by atoms with Crippen molar-refractivity contribution < 1.29 is 0 Å². The summed E-state index contributed by atoms with van der Waals surface area (Å²) in [6.07, 6.45) is 18.3. The summed E-state index contributed by atoms with van der Waals surface area (Å²) >= 11 is 0. The van der Waals surface area contributed by atoms with E-state index in [9.17, 15) is 0 Å². The summed E-state index contributed by atoms with van der Waals surface area (Å²) < 4.78 is 0. The second kappa shape index (κ2) is 6.04. The largest absolute Gasteiger partial charge is 0.378 e. The molecule has 1 fully saturated rings. The van der Waals surface area contributed by atoms with Crippen LogP contribution in [0.3, 0.4) is 0 Å². The van der Waals surface area contributed by atoms with Crippen molar-refractivity contribution in [3.63, 3.8) is 0 Å². The van der Waals surface area contributed by atoms with E-state index in [0.717, 1.165) is 17.6 Å². The fourth-order valence-corrected chi connectivity index (χ4v) is 3.49. The lowest BCUT2D eigenvalue weighted by Crippen LogP contribution is -2.26. The summed E-state index contributed by atoms with van der Waals surface area (Å²) in [5.41, 5.74) is 5.77. The Morgan fingerprint density at radius 1 is 1.36 bits per heavy atom. The average Bonchev–Trinajstić information content (AvgIpc) is 2.82. The smallest absolute Gasteiger partial charge is 0.108 e. The van der Waals surface area contributed by atoms with Crippen molar-refractivity contribution in [2.75, 3.05) is 0 Å². The van der Waals surface area contributed by atoms with Crippen molar-refractivity contribution in [1.82, 2.24) is 5.32 Å². The first-order chi connectivity index (χ1) is 10.6. The van der Waals surface area contributed by atoms with Crippen molar-refractivity contribution >= 4 is 7.85 Å². The Morgan fingerprint density at radius 3 is 2.91 bits per heavy atom. The van der Waals surface area contributed by atoms with Crippen LogP contribution in [0.25, 0.3) is 0 Å². The molecule has 0 aromatic heterocycles. The third-order valence-corrected chi connectivity index (χ3v) is 4.74. The SMILES string of the molecule is [B]C1=CC=C[C@H]2NC(=C)/C(=C\C(=C/C)C3=CC=CCC3C)C12. The van der Waals surface area contributed by atoms with Crippen molar-refractivity contribution in [2.24, 2.45) is 11.8 Å². The Balaban J connectivity index is 1.98. The van der Waals surface area contributed by atoms with Crippen LogP contribution in [0, 0.1) is 11.8 Å². The lowest BCUT2D eigenvalue weighted by Gasteiger charge is -2.23. The Morgan fingerprint density at radius 2 is 2.18 bits per heavy atom. The second-order valence-electron chi connectivity index (χ2n) is 6.21. The highest BCUT2D eigenvalue weighted by Crippen LogP contribution is 2.38. The van der Waals surface area contributed by atoms with E-state index in [2.05, 4.69) is 62.2 Å². The van der Waals surface area contributed by atoms with E-state index in [-0.39, 0.29) is 12.0 Å². The van der Waals surface area contributed by atoms with Gasteiger partial charge >= 0.3 is 0 Å². The highest BCUT2D eigenvalue weighted by atomic mass is 15.0. The molecule has 1 N–H and O–H groups in total. The van der Waals surface area contributed by atoms with E-state index in [1.165, 1.54) is 16.7 Å². The zero-order chi connectivity index (χ0) is 15.7. The van der Waals surface area contributed by atoms with Crippen LogP contribution in [-0.2, 0) is 0 Å². The zero-order valence-corrected chi connectivity index (χ0v) is 13.3. The number of hydrogen-bond acceptors (Lipinski definition) is 1. The average molecular weight is 287 g/mol. The molecule has 1 saturated heterocycles. The zero-order valence-electron chi connectivity index (χ0n) is 13.3. The molecule has 2 aliphatic carbocycles. The van der Waals surface area contributed by atoms with Gasteiger partial charge < -0.3 is 5.32 Å². The number of fused-ring (bicyclic) bond motifs is 1. The van der Waals surface area contributed by atoms with Crippen LogP contribution in [-0.4, -0.2) is 13.9 Å². The summed E-state index contributed by atoms with van der Waals surface area (Å²) in [5.74, 6) is 0.744. The fourth-order valence-electron chi connectivity index (χ4n) is 3.49. The predicted octanol–water partition coefficient (Wildman–Crippen LogP) is 4.11. The van der Waals surface area contributed by atoms with Gasteiger partial charge in [0.25, 0.3) is 0 Å². The lowest BCUT2D eigenvalue weighted by molar-refractivity contribution is 0.643. The molecule has 2 unspecified atom stereocenters. The van der Waals surface area contributed by atoms with Gasteiger partial charge in [-0.2, -0.15) is 0 Å². The Kier molecular flexibility index (Phi) is 4.11. The quantitative estimate of drug-likeness (QED) is 0.754. The van der Waals surface area contributed by atoms with Crippen LogP contribution in [0.5, 0.6) is 0 Å². The van der Waals surface area contributed by atoms with Crippen LogP contribution < -0.4 is 5.32 Å². The van der Waals surface area contributed by atoms with Gasteiger partial charge in [0.2, 0.25) is 0 Å². The molecule has 0 saturated carbocycles. The number of rotatable bonds is 2. The maximum atomic E-state index is 6.24. The molecule has 1 heterocycles. The number of allylic oxidation sites excluding steroid dienone is 10. The highest BCUT2D eigenvalue weighted by molar-refractivity contribution is 6.22. The third-order valence-electron chi connectivity index (χ3n) is 4.74. The molecule has 0 aromatic carbocycles. The van der Waals surface area contributed by atoms with Gasteiger partial charge in [-0.05, 0) is 42.1 Å². The molecule has 3 rings (SSSR count). The van der Waals surface area contributed by atoms with Gasteiger partial charge in [0, 0.05) is 11.6 Å². The molecule has 0 bridgehead atoms. The van der Waals surface area contributed by atoms with Crippen LogP contribution >= 0.6 is 0 Å². The molecule has 1 nitrogen and oxygen atoms in total. The first-order valence-electron chi connectivity index (χ1n) is 7.96. The minimum absolute atomic E-state index is 0.197. The Bertz CT molecular complexity index is 670. The van der Waals surface area contributed by atoms with E-state index in [1.54, 1.807) is 0 Å². The molecule has 2 radical (unpaired) electrons. The molecule has 3 atom stereocenters. The summed E-state index contributed by atoms with van der Waals surface area (Å²) in [5, 5.41) is 3.45. The molecular weight excluding hydrogens is 265 g/mol. The molecule has 3 aliphatic rings. The molecule has 22 heavy (non-hydrogen) atoms. The molecule has 1 aliphatic heterocycles. The monoisotopic (exact) mass is 287 g/mol. The normalized spacial score (nSPS) is 32.6. The Labute approximate surface area is 135 Å². The molecule has 2 heteroatoms. The van der Waals surface area contributed by atoms with Gasteiger partial charge in [0.05, 0.1) is 6.04 Å². The molecule has 110 valence electrons. The first kappa shape index (κ1) is 15.0. The van der Waals surface area contributed by atoms with Gasteiger partial charge in [0.15, 0.2) is 0 Å². The van der Waals surface area contributed by atoms with Crippen LogP contribution in [0.1, 0.15) is 20.3 Å². The van der Waals surface area contributed by atoms with Gasteiger partial charge in [-0.1, -0.05) is 56.0 Å². The van der Waals surface area contributed by atoms with Crippen molar-refractivity contribution in [3.05, 3.63) is 83.1 Å². The molecular formula is C20H22BN. The first-order valence-corrected chi connectivity index (χ1v) is 7.96. The van der Waals surface area contributed by atoms with E-state index >= 15 is 0 Å². The fraction of sp³-hybridized carbons (Fsp3) is 0.300. The van der Waals surface area contributed by atoms with Crippen molar-refractivity contribution in [2.45, 2.75) is 26.3 Å². The summed E-state index contributed by atoms with van der Waals surface area (Å²) in [7, 11) is 6.24. The molecule has 0 spiro atoms. The maximum absolute atomic E-state index is 6.24. The summed E-state index contributed by atoms with van der Waals surface area (Å²) in [6, 6.07) is 0.236. The minimum atomic E-state index is 0.197. The number of hydrogen-bond donors (Lipinski definition) is 1.